The molecule has 0 saturated heterocycles. The Morgan fingerprint density at radius 2 is 1.86 bits per heavy atom. The molecule has 0 aliphatic carbocycles. The molecule has 0 aliphatic heterocycles. The fraction of sp³-hybridized carbons (Fsp3) is 0.250. The van der Waals surface area contributed by atoms with E-state index in [1.54, 1.807) is 30.3 Å². The molecule has 112 valence electrons. The second-order valence-corrected chi connectivity index (χ2v) is 5.47. The van der Waals surface area contributed by atoms with Crippen LogP contribution in [0.1, 0.15) is 18.9 Å². The molecule has 3 nitrogen and oxygen atoms in total. The van der Waals surface area contributed by atoms with Gasteiger partial charge in [0.15, 0.2) is 0 Å². The molecule has 0 aliphatic rings. The van der Waals surface area contributed by atoms with E-state index in [2.05, 4.69) is 5.32 Å². The van der Waals surface area contributed by atoms with Gasteiger partial charge in [-0.15, -0.1) is 0 Å². The minimum absolute atomic E-state index is 0.235. The van der Waals surface area contributed by atoms with E-state index in [1.165, 1.54) is 0 Å². The fourth-order valence-corrected chi connectivity index (χ4v) is 2.48. The molecule has 21 heavy (non-hydrogen) atoms. The maximum atomic E-state index is 9.27. The second-order valence-electron chi connectivity index (χ2n) is 4.62. The lowest BCUT2D eigenvalue weighted by molar-refractivity contribution is 0.314. The van der Waals surface area contributed by atoms with Crippen LogP contribution in [0.15, 0.2) is 36.4 Å². The van der Waals surface area contributed by atoms with Crippen LogP contribution in [-0.4, -0.2) is 11.7 Å². The molecule has 0 bridgehead atoms. The average molecular weight is 326 g/mol. The van der Waals surface area contributed by atoms with Gasteiger partial charge in [-0.1, -0.05) is 30.1 Å². The average Bonchev–Trinajstić information content (AvgIpc) is 2.45. The van der Waals surface area contributed by atoms with Crippen LogP contribution < -0.4 is 10.1 Å². The first-order chi connectivity index (χ1) is 10.1. The first-order valence-electron chi connectivity index (χ1n) is 6.73. The molecule has 0 fully saturated rings. The van der Waals surface area contributed by atoms with Crippen LogP contribution in [-0.2, 0) is 6.54 Å². The van der Waals surface area contributed by atoms with Crippen molar-refractivity contribution in [3.8, 4) is 11.5 Å². The number of hydrogen-bond donors (Lipinski definition) is 2. The van der Waals surface area contributed by atoms with Crippen LogP contribution >= 0.6 is 23.2 Å². The molecule has 0 aromatic heterocycles. The number of anilines is 1. The van der Waals surface area contributed by atoms with Gasteiger partial charge < -0.3 is 15.2 Å². The monoisotopic (exact) mass is 325 g/mol. The van der Waals surface area contributed by atoms with Crippen LogP contribution in [0.4, 0.5) is 5.69 Å². The smallest absolute Gasteiger partial charge is 0.142 e. The lowest BCUT2D eigenvalue weighted by Crippen LogP contribution is -2.04. The van der Waals surface area contributed by atoms with Crippen LogP contribution in [0.25, 0.3) is 0 Å². The third-order valence-electron chi connectivity index (χ3n) is 2.89. The Kier molecular flexibility index (Phi) is 5.59. The summed E-state index contributed by atoms with van der Waals surface area (Å²) < 4.78 is 5.71. The Labute approximate surface area is 134 Å². The SMILES string of the molecule is CCCOc1c(Cl)cc(Cl)cc1CNc1ccc(O)cc1. The maximum Gasteiger partial charge on any atom is 0.142 e. The van der Waals surface area contributed by atoms with Crippen molar-refractivity contribution in [3.05, 3.63) is 52.0 Å². The van der Waals surface area contributed by atoms with Crippen molar-refractivity contribution in [3.63, 3.8) is 0 Å². The number of hydrogen-bond acceptors (Lipinski definition) is 3. The second kappa shape index (κ2) is 7.43. The molecule has 2 N–H and O–H groups in total. The molecule has 0 amide bonds. The summed E-state index contributed by atoms with van der Waals surface area (Å²) in [6.45, 7) is 3.18. The first-order valence-corrected chi connectivity index (χ1v) is 7.49. The largest absolute Gasteiger partial charge is 0.508 e. The number of nitrogens with one attached hydrogen (secondary N) is 1. The molecule has 0 saturated carbocycles. The van der Waals surface area contributed by atoms with Crippen molar-refractivity contribution < 1.29 is 9.84 Å². The van der Waals surface area contributed by atoms with Gasteiger partial charge in [0.05, 0.1) is 11.6 Å². The van der Waals surface area contributed by atoms with Crippen molar-refractivity contribution in [1.82, 2.24) is 0 Å². The van der Waals surface area contributed by atoms with Crippen molar-refractivity contribution in [1.29, 1.82) is 0 Å². The summed E-state index contributed by atoms with van der Waals surface area (Å²) in [6, 6.07) is 10.4. The Hall–Kier alpha value is -1.58. The zero-order valence-electron chi connectivity index (χ0n) is 11.7. The summed E-state index contributed by atoms with van der Waals surface area (Å²) in [7, 11) is 0. The number of phenolic OH excluding ortho intramolecular Hbond substituents is 1. The quantitative estimate of drug-likeness (QED) is 0.726. The maximum absolute atomic E-state index is 9.27. The number of aromatic hydroxyl groups is 1. The summed E-state index contributed by atoms with van der Waals surface area (Å²) in [6.07, 6.45) is 0.907. The predicted octanol–water partition coefficient (Wildman–Crippen LogP) is 5.10. The summed E-state index contributed by atoms with van der Waals surface area (Å²) in [5, 5.41) is 13.6. The number of ether oxygens (including phenoxy) is 1. The van der Waals surface area contributed by atoms with Crippen LogP contribution in [0.3, 0.4) is 0 Å². The number of rotatable bonds is 6. The number of benzene rings is 2. The third-order valence-corrected chi connectivity index (χ3v) is 3.39. The van der Waals surface area contributed by atoms with Gasteiger partial charge in [-0.25, -0.2) is 0 Å². The highest BCUT2D eigenvalue weighted by Gasteiger charge is 2.10. The summed E-state index contributed by atoms with van der Waals surface area (Å²) in [5.74, 6) is 0.896. The third kappa shape index (κ3) is 4.45. The van der Waals surface area contributed by atoms with E-state index in [-0.39, 0.29) is 5.75 Å². The number of phenols is 1. The van der Waals surface area contributed by atoms with Gasteiger partial charge in [-0.05, 0) is 42.8 Å². The van der Waals surface area contributed by atoms with Gasteiger partial charge >= 0.3 is 0 Å². The Morgan fingerprint density at radius 3 is 2.52 bits per heavy atom. The standard InChI is InChI=1S/C16H17Cl2NO2/c1-2-7-21-16-11(8-12(17)9-15(16)18)10-19-13-3-5-14(20)6-4-13/h3-6,8-9,19-20H,2,7,10H2,1H3. The molecule has 5 heteroatoms. The lowest BCUT2D eigenvalue weighted by Gasteiger charge is -2.14. The fourth-order valence-electron chi connectivity index (χ4n) is 1.89. The van der Waals surface area contributed by atoms with Gasteiger partial charge in [0.25, 0.3) is 0 Å². The minimum atomic E-state index is 0.235. The van der Waals surface area contributed by atoms with E-state index in [9.17, 15) is 5.11 Å². The van der Waals surface area contributed by atoms with Crippen LogP contribution in [0.5, 0.6) is 11.5 Å². The zero-order valence-corrected chi connectivity index (χ0v) is 13.2. The Morgan fingerprint density at radius 1 is 1.14 bits per heavy atom. The molecule has 2 aromatic rings. The first kappa shape index (κ1) is 15.8. The zero-order chi connectivity index (χ0) is 15.2. The molecular formula is C16H17Cl2NO2. The highest BCUT2D eigenvalue weighted by molar-refractivity contribution is 6.35. The van der Waals surface area contributed by atoms with E-state index >= 15 is 0 Å². The summed E-state index contributed by atoms with van der Waals surface area (Å²) in [5.41, 5.74) is 1.79. The molecular weight excluding hydrogens is 309 g/mol. The lowest BCUT2D eigenvalue weighted by atomic mass is 10.2. The van der Waals surface area contributed by atoms with Crippen molar-refractivity contribution in [2.75, 3.05) is 11.9 Å². The van der Waals surface area contributed by atoms with E-state index in [4.69, 9.17) is 27.9 Å². The normalized spacial score (nSPS) is 10.4. The Bertz CT molecular complexity index is 600. The van der Waals surface area contributed by atoms with E-state index in [0.717, 1.165) is 17.7 Å². The van der Waals surface area contributed by atoms with Crippen molar-refractivity contribution in [2.45, 2.75) is 19.9 Å². The molecule has 0 radical (unpaired) electrons. The molecule has 2 aromatic carbocycles. The van der Waals surface area contributed by atoms with Gasteiger partial charge in [0, 0.05) is 22.8 Å². The topological polar surface area (TPSA) is 41.5 Å². The van der Waals surface area contributed by atoms with Gasteiger partial charge in [0.2, 0.25) is 0 Å². The van der Waals surface area contributed by atoms with Crippen molar-refractivity contribution >= 4 is 28.9 Å². The summed E-state index contributed by atoms with van der Waals surface area (Å²) in [4.78, 5) is 0. The minimum Gasteiger partial charge on any atom is -0.508 e. The van der Waals surface area contributed by atoms with Gasteiger partial charge in [0.1, 0.15) is 11.5 Å². The number of halogens is 2. The van der Waals surface area contributed by atoms with Crippen LogP contribution in [0, 0.1) is 0 Å². The van der Waals surface area contributed by atoms with Gasteiger partial charge in [-0.2, -0.15) is 0 Å². The highest BCUT2D eigenvalue weighted by atomic mass is 35.5. The molecule has 0 atom stereocenters. The molecule has 2 rings (SSSR count). The van der Waals surface area contributed by atoms with E-state index < -0.39 is 0 Å². The highest BCUT2D eigenvalue weighted by Crippen LogP contribution is 2.33. The summed E-state index contributed by atoms with van der Waals surface area (Å²) >= 11 is 12.3. The van der Waals surface area contributed by atoms with Gasteiger partial charge in [-0.3, -0.25) is 0 Å². The van der Waals surface area contributed by atoms with Crippen molar-refractivity contribution in [2.24, 2.45) is 0 Å². The molecule has 0 spiro atoms. The Balaban J connectivity index is 2.15. The molecule has 0 unspecified atom stereocenters. The predicted molar refractivity (Wildman–Crippen MR) is 87.7 cm³/mol. The van der Waals surface area contributed by atoms with Crippen LogP contribution in [0.2, 0.25) is 10.0 Å². The molecule has 0 heterocycles. The van der Waals surface area contributed by atoms with E-state index in [1.807, 2.05) is 13.0 Å². The van der Waals surface area contributed by atoms with E-state index in [0.29, 0.717) is 28.9 Å².